The lowest BCUT2D eigenvalue weighted by atomic mass is 10.1. The Labute approximate surface area is 98.8 Å². The van der Waals surface area contributed by atoms with Crippen LogP contribution in [0.25, 0.3) is 0 Å². The summed E-state index contributed by atoms with van der Waals surface area (Å²) in [5, 5.41) is 0.467. The third-order valence-corrected chi connectivity index (χ3v) is 2.89. The SMILES string of the molecule is ClCc1cc(Cl)nc(CC2CCOC2)n1. The van der Waals surface area contributed by atoms with E-state index in [4.69, 9.17) is 27.9 Å². The molecule has 1 atom stereocenters. The molecule has 82 valence electrons. The zero-order valence-corrected chi connectivity index (χ0v) is 9.76. The molecule has 0 N–H and O–H groups in total. The maximum atomic E-state index is 5.87. The van der Waals surface area contributed by atoms with Crippen LogP contribution < -0.4 is 0 Å². The number of rotatable bonds is 3. The van der Waals surface area contributed by atoms with E-state index >= 15 is 0 Å². The third kappa shape index (κ3) is 3.03. The Morgan fingerprint density at radius 1 is 1.47 bits per heavy atom. The van der Waals surface area contributed by atoms with E-state index in [-0.39, 0.29) is 0 Å². The van der Waals surface area contributed by atoms with Crippen molar-refractivity contribution in [1.29, 1.82) is 0 Å². The normalized spacial score (nSPS) is 20.8. The van der Waals surface area contributed by atoms with Gasteiger partial charge in [-0.2, -0.15) is 0 Å². The van der Waals surface area contributed by atoms with Gasteiger partial charge in [0.05, 0.1) is 11.6 Å². The van der Waals surface area contributed by atoms with Crippen molar-refractivity contribution in [2.75, 3.05) is 13.2 Å². The van der Waals surface area contributed by atoms with Crippen LogP contribution in [-0.4, -0.2) is 23.2 Å². The largest absolute Gasteiger partial charge is 0.381 e. The van der Waals surface area contributed by atoms with E-state index in [0.29, 0.717) is 17.0 Å². The molecule has 0 amide bonds. The van der Waals surface area contributed by atoms with Gasteiger partial charge >= 0.3 is 0 Å². The van der Waals surface area contributed by atoms with Crippen molar-refractivity contribution < 1.29 is 4.74 Å². The molecule has 1 fully saturated rings. The summed E-state index contributed by atoms with van der Waals surface area (Å²) in [5.41, 5.74) is 0.783. The molecule has 0 aliphatic carbocycles. The van der Waals surface area contributed by atoms with Crippen molar-refractivity contribution >= 4 is 23.2 Å². The first kappa shape index (κ1) is 11.1. The predicted octanol–water partition coefficient (Wildman–Crippen LogP) is 2.45. The third-order valence-electron chi connectivity index (χ3n) is 2.43. The first-order chi connectivity index (χ1) is 7.28. The molecule has 3 nitrogen and oxygen atoms in total. The number of ether oxygens (including phenoxy) is 1. The van der Waals surface area contributed by atoms with Gasteiger partial charge < -0.3 is 4.74 Å². The Kier molecular flexibility index (Phi) is 3.78. The molecule has 2 rings (SSSR count). The Bertz CT molecular complexity index is 340. The molecule has 0 radical (unpaired) electrons. The number of alkyl halides is 1. The molecule has 0 saturated carbocycles. The lowest BCUT2D eigenvalue weighted by Gasteiger charge is -2.07. The molecule has 15 heavy (non-hydrogen) atoms. The van der Waals surface area contributed by atoms with Crippen LogP contribution in [0.15, 0.2) is 6.07 Å². The molecule has 1 aliphatic rings. The molecule has 0 bridgehead atoms. The number of nitrogens with zero attached hydrogens (tertiary/aromatic N) is 2. The lowest BCUT2D eigenvalue weighted by molar-refractivity contribution is 0.185. The summed E-state index contributed by atoms with van der Waals surface area (Å²) in [6, 6.07) is 1.70. The maximum Gasteiger partial charge on any atom is 0.133 e. The Morgan fingerprint density at radius 3 is 3.00 bits per heavy atom. The van der Waals surface area contributed by atoms with Crippen molar-refractivity contribution in [2.45, 2.75) is 18.7 Å². The number of halogens is 2. The second kappa shape index (κ2) is 5.10. The van der Waals surface area contributed by atoms with Gasteiger partial charge in [0.15, 0.2) is 0 Å². The fourth-order valence-corrected chi connectivity index (χ4v) is 2.04. The molecule has 1 aliphatic heterocycles. The van der Waals surface area contributed by atoms with Crippen LogP contribution in [0.2, 0.25) is 5.15 Å². The van der Waals surface area contributed by atoms with Crippen LogP contribution in [-0.2, 0) is 17.0 Å². The average Bonchev–Trinajstić information content (AvgIpc) is 2.69. The number of aromatic nitrogens is 2. The van der Waals surface area contributed by atoms with Gasteiger partial charge in [0, 0.05) is 19.6 Å². The van der Waals surface area contributed by atoms with Gasteiger partial charge in [0.1, 0.15) is 11.0 Å². The highest BCUT2D eigenvalue weighted by atomic mass is 35.5. The molecular weight excluding hydrogens is 235 g/mol. The zero-order chi connectivity index (χ0) is 10.7. The molecule has 1 saturated heterocycles. The summed E-state index contributed by atoms with van der Waals surface area (Å²) in [6.45, 7) is 1.64. The highest BCUT2D eigenvalue weighted by molar-refractivity contribution is 6.29. The monoisotopic (exact) mass is 246 g/mol. The minimum atomic E-state index is 0.371. The molecule has 1 aromatic rings. The summed E-state index contributed by atoms with van der Waals surface area (Å²) >= 11 is 11.6. The molecule has 1 aromatic heterocycles. The van der Waals surface area contributed by atoms with Gasteiger partial charge in [-0.25, -0.2) is 9.97 Å². The van der Waals surface area contributed by atoms with E-state index in [2.05, 4.69) is 9.97 Å². The summed E-state index contributed by atoms with van der Waals surface area (Å²) < 4.78 is 5.30. The quantitative estimate of drug-likeness (QED) is 0.607. The van der Waals surface area contributed by atoms with E-state index in [1.807, 2.05) is 0 Å². The Morgan fingerprint density at radius 2 is 2.33 bits per heavy atom. The molecular formula is C10H12Cl2N2O. The smallest absolute Gasteiger partial charge is 0.133 e. The minimum absolute atomic E-state index is 0.371. The summed E-state index contributed by atoms with van der Waals surface area (Å²) in [6.07, 6.45) is 1.90. The zero-order valence-electron chi connectivity index (χ0n) is 8.25. The molecule has 1 unspecified atom stereocenters. The van der Waals surface area contributed by atoms with Gasteiger partial charge in [-0.15, -0.1) is 11.6 Å². The van der Waals surface area contributed by atoms with E-state index in [0.717, 1.165) is 37.6 Å². The van der Waals surface area contributed by atoms with Crippen molar-refractivity contribution in [3.63, 3.8) is 0 Å². The van der Waals surface area contributed by atoms with Gasteiger partial charge in [-0.1, -0.05) is 11.6 Å². The van der Waals surface area contributed by atoms with Gasteiger partial charge in [-0.3, -0.25) is 0 Å². The lowest BCUT2D eigenvalue weighted by Crippen LogP contribution is -2.08. The molecule has 0 aromatic carbocycles. The number of hydrogen-bond acceptors (Lipinski definition) is 3. The second-order valence-electron chi connectivity index (χ2n) is 3.67. The highest BCUT2D eigenvalue weighted by Gasteiger charge is 2.17. The van der Waals surface area contributed by atoms with E-state index in [9.17, 15) is 0 Å². The Hall–Kier alpha value is -0.380. The van der Waals surface area contributed by atoms with Gasteiger partial charge in [0.25, 0.3) is 0 Å². The van der Waals surface area contributed by atoms with Crippen LogP contribution >= 0.6 is 23.2 Å². The molecule has 0 spiro atoms. The predicted molar refractivity (Wildman–Crippen MR) is 59.2 cm³/mol. The maximum absolute atomic E-state index is 5.87. The van der Waals surface area contributed by atoms with Crippen LogP contribution in [0.1, 0.15) is 17.9 Å². The topological polar surface area (TPSA) is 35.0 Å². The average molecular weight is 247 g/mol. The van der Waals surface area contributed by atoms with Crippen LogP contribution in [0.3, 0.4) is 0 Å². The molecule has 5 heteroatoms. The van der Waals surface area contributed by atoms with Crippen molar-refractivity contribution in [3.8, 4) is 0 Å². The van der Waals surface area contributed by atoms with Crippen LogP contribution in [0, 0.1) is 5.92 Å². The van der Waals surface area contributed by atoms with Crippen LogP contribution in [0.5, 0.6) is 0 Å². The number of hydrogen-bond donors (Lipinski definition) is 0. The first-order valence-corrected chi connectivity index (χ1v) is 5.85. The summed E-state index contributed by atoms with van der Waals surface area (Å²) in [4.78, 5) is 8.52. The summed E-state index contributed by atoms with van der Waals surface area (Å²) in [5.74, 6) is 1.66. The fraction of sp³-hybridized carbons (Fsp3) is 0.600. The first-order valence-electron chi connectivity index (χ1n) is 4.94. The standard InChI is InChI=1S/C10H12Cl2N2O/c11-5-8-4-9(12)14-10(13-8)3-7-1-2-15-6-7/h4,7H,1-3,5-6H2. The van der Waals surface area contributed by atoms with E-state index in [1.54, 1.807) is 6.07 Å². The van der Waals surface area contributed by atoms with Gasteiger partial charge in [0.2, 0.25) is 0 Å². The van der Waals surface area contributed by atoms with Crippen molar-refractivity contribution in [2.24, 2.45) is 5.92 Å². The highest BCUT2D eigenvalue weighted by Crippen LogP contribution is 2.18. The minimum Gasteiger partial charge on any atom is -0.381 e. The Balaban J connectivity index is 2.09. The van der Waals surface area contributed by atoms with E-state index in [1.165, 1.54) is 0 Å². The van der Waals surface area contributed by atoms with Crippen molar-refractivity contribution in [1.82, 2.24) is 9.97 Å². The van der Waals surface area contributed by atoms with Crippen LogP contribution in [0.4, 0.5) is 0 Å². The fourth-order valence-electron chi connectivity index (χ4n) is 1.68. The second-order valence-corrected chi connectivity index (χ2v) is 4.32. The van der Waals surface area contributed by atoms with E-state index < -0.39 is 0 Å². The summed E-state index contributed by atoms with van der Waals surface area (Å²) in [7, 11) is 0. The molecule has 2 heterocycles. The van der Waals surface area contributed by atoms with Gasteiger partial charge in [-0.05, 0) is 18.4 Å². The van der Waals surface area contributed by atoms with Crippen molar-refractivity contribution in [3.05, 3.63) is 22.7 Å².